The molecule has 108 valence electrons. The van der Waals surface area contributed by atoms with E-state index in [1.54, 1.807) is 0 Å². The lowest BCUT2D eigenvalue weighted by Crippen LogP contribution is -2.55. The Kier molecular flexibility index (Phi) is 3.32. The minimum absolute atomic E-state index is 0.383. The molecule has 3 fully saturated rings. The first-order valence-corrected chi connectivity index (χ1v) is 8.40. The van der Waals surface area contributed by atoms with Crippen LogP contribution < -0.4 is 10.6 Å². The number of hydrogen-bond acceptors (Lipinski definition) is 1. The highest BCUT2D eigenvalue weighted by Crippen LogP contribution is 2.62. The van der Waals surface area contributed by atoms with Gasteiger partial charge in [0.25, 0.3) is 0 Å². The first-order valence-electron chi connectivity index (χ1n) is 7.99. The van der Waals surface area contributed by atoms with Gasteiger partial charge >= 0.3 is 0 Å². The van der Waals surface area contributed by atoms with Crippen LogP contribution in [0.2, 0.25) is 0 Å². The molecule has 3 unspecified atom stereocenters. The molecule has 3 heteroatoms. The van der Waals surface area contributed by atoms with Crippen LogP contribution in [-0.2, 0) is 0 Å². The second-order valence-electron chi connectivity index (χ2n) is 7.95. The number of hydrogen-bond donors (Lipinski definition) is 2. The number of thiocarbonyl (C=S) groups is 1. The Hall–Kier alpha value is -0.310. The zero-order valence-corrected chi connectivity index (χ0v) is 13.4. The van der Waals surface area contributed by atoms with Gasteiger partial charge in [0.1, 0.15) is 0 Å². The molecular weight excluding hydrogens is 252 g/mol. The fourth-order valence-electron chi connectivity index (χ4n) is 5.09. The highest BCUT2D eigenvalue weighted by Gasteiger charge is 2.59. The molecule has 0 aromatic carbocycles. The molecule has 3 aliphatic rings. The Labute approximate surface area is 123 Å². The molecule has 19 heavy (non-hydrogen) atoms. The smallest absolute Gasteiger partial charge is 0.166 e. The Bertz CT molecular complexity index is 368. The van der Waals surface area contributed by atoms with E-state index < -0.39 is 0 Å². The van der Waals surface area contributed by atoms with Gasteiger partial charge in [-0.1, -0.05) is 33.6 Å². The van der Waals surface area contributed by atoms with Gasteiger partial charge in [-0.25, -0.2) is 0 Å². The van der Waals surface area contributed by atoms with E-state index in [1.165, 1.54) is 44.9 Å². The molecule has 0 amide bonds. The average Bonchev–Trinajstić information content (AvgIpc) is 2.98. The summed E-state index contributed by atoms with van der Waals surface area (Å²) in [6, 6.07) is 1.16. The Morgan fingerprint density at radius 2 is 1.74 bits per heavy atom. The van der Waals surface area contributed by atoms with Crippen LogP contribution in [0.3, 0.4) is 0 Å². The van der Waals surface area contributed by atoms with Crippen molar-refractivity contribution in [1.29, 1.82) is 0 Å². The van der Waals surface area contributed by atoms with E-state index in [-0.39, 0.29) is 0 Å². The fourth-order valence-corrected chi connectivity index (χ4v) is 5.38. The highest BCUT2D eigenvalue weighted by atomic mass is 32.1. The molecule has 2 N–H and O–H groups in total. The monoisotopic (exact) mass is 280 g/mol. The van der Waals surface area contributed by atoms with Crippen LogP contribution in [0.4, 0.5) is 0 Å². The first-order chi connectivity index (χ1) is 8.92. The third kappa shape index (κ3) is 2.28. The normalized spacial score (nSPS) is 40.6. The molecule has 3 rings (SSSR count). The summed E-state index contributed by atoms with van der Waals surface area (Å²) in [5.74, 6) is 0.879. The SMILES string of the molecule is CC12CCC(C1)C(C)(C)C2NC(=S)NC1CCCC1. The molecule has 0 aromatic rings. The maximum absolute atomic E-state index is 5.57. The molecular formula is C16H28N2S. The first kappa shape index (κ1) is 13.7. The highest BCUT2D eigenvalue weighted by molar-refractivity contribution is 7.80. The molecule has 2 bridgehead atoms. The minimum atomic E-state index is 0.383. The van der Waals surface area contributed by atoms with Gasteiger partial charge in [-0.15, -0.1) is 0 Å². The van der Waals surface area contributed by atoms with Crippen molar-refractivity contribution in [3.63, 3.8) is 0 Å². The zero-order valence-electron chi connectivity index (χ0n) is 12.6. The van der Waals surface area contributed by atoms with Crippen LogP contribution in [-0.4, -0.2) is 17.2 Å². The van der Waals surface area contributed by atoms with E-state index in [9.17, 15) is 0 Å². The molecule has 0 aromatic heterocycles. The molecule has 3 aliphatic carbocycles. The van der Waals surface area contributed by atoms with Crippen molar-refractivity contribution in [3.8, 4) is 0 Å². The van der Waals surface area contributed by atoms with Crippen LogP contribution >= 0.6 is 12.2 Å². The van der Waals surface area contributed by atoms with Gasteiger partial charge < -0.3 is 10.6 Å². The number of fused-ring (bicyclic) bond motifs is 2. The van der Waals surface area contributed by atoms with Gasteiger partial charge in [-0.3, -0.25) is 0 Å². The summed E-state index contributed by atoms with van der Waals surface area (Å²) in [4.78, 5) is 0. The molecule has 0 heterocycles. The van der Waals surface area contributed by atoms with Crippen molar-refractivity contribution in [2.45, 2.75) is 77.8 Å². The zero-order chi connectivity index (χ0) is 13.7. The van der Waals surface area contributed by atoms with Crippen molar-refractivity contribution in [2.75, 3.05) is 0 Å². The molecule has 0 radical (unpaired) electrons. The summed E-state index contributed by atoms with van der Waals surface area (Å²) in [7, 11) is 0. The lowest BCUT2D eigenvalue weighted by Gasteiger charge is -2.43. The van der Waals surface area contributed by atoms with E-state index in [0.29, 0.717) is 22.9 Å². The number of nitrogens with one attached hydrogen (secondary N) is 2. The maximum Gasteiger partial charge on any atom is 0.166 e. The summed E-state index contributed by atoms with van der Waals surface area (Å²) in [6.07, 6.45) is 9.44. The van der Waals surface area contributed by atoms with E-state index >= 15 is 0 Å². The van der Waals surface area contributed by atoms with Crippen LogP contribution in [0, 0.1) is 16.7 Å². The van der Waals surface area contributed by atoms with E-state index in [4.69, 9.17) is 12.2 Å². The second kappa shape index (κ2) is 4.61. The Morgan fingerprint density at radius 3 is 2.32 bits per heavy atom. The quantitative estimate of drug-likeness (QED) is 0.756. The molecule has 0 spiro atoms. The summed E-state index contributed by atoms with van der Waals surface area (Å²) < 4.78 is 0. The second-order valence-corrected chi connectivity index (χ2v) is 8.36. The van der Waals surface area contributed by atoms with Gasteiger partial charge in [0.15, 0.2) is 5.11 Å². The topological polar surface area (TPSA) is 24.1 Å². The van der Waals surface area contributed by atoms with Crippen molar-refractivity contribution in [2.24, 2.45) is 16.7 Å². The molecule has 0 aliphatic heterocycles. The molecule has 3 saturated carbocycles. The van der Waals surface area contributed by atoms with E-state index in [1.807, 2.05) is 0 Å². The lowest BCUT2D eigenvalue weighted by molar-refractivity contribution is 0.125. The third-order valence-electron chi connectivity index (χ3n) is 6.24. The largest absolute Gasteiger partial charge is 0.360 e. The standard InChI is InChI=1S/C16H28N2S/c1-15(2)11-8-9-16(3,10-11)13(15)18-14(19)17-12-6-4-5-7-12/h11-13H,4-10H2,1-3H3,(H2,17,18,19). The third-order valence-corrected chi connectivity index (χ3v) is 6.47. The van der Waals surface area contributed by atoms with Gasteiger partial charge in [0.2, 0.25) is 0 Å². The van der Waals surface area contributed by atoms with E-state index in [0.717, 1.165) is 11.0 Å². The average molecular weight is 280 g/mol. The van der Waals surface area contributed by atoms with Gasteiger partial charge in [-0.05, 0) is 61.1 Å². The van der Waals surface area contributed by atoms with Crippen molar-refractivity contribution in [1.82, 2.24) is 10.6 Å². The van der Waals surface area contributed by atoms with Gasteiger partial charge in [0, 0.05) is 12.1 Å². The Balaban J connectivity index is 1.63. The minimum Gasteiger partial charge on any atom is -0.360 e. The molecule has 0 saturated heterocycles. The predicted molar refractivity (Wildman–Crippen MR) is 84.1 cm³/mol. The van der Waals surface area contributed by atoms with Crippen molar-refractivity contribution in [3.05, 3.63) is 0 Å². The lowest BCUT2D eigenvalue weighted by atomic mass is 9.68. The summed E-state index contributed by atoms with van der Waals surface area (Å²) in [6.45, 7) is 7.31. The predicted octanol–water partition coefficient (Wildman–Crippen LogP) is 3.61. The molecule has 2 nitrogen and oxygen atoms in total. The van der Waals surface area contributed by atoms with Crippen LogP contribution in [0.1, 0.15) is 65.7 Å². The van der Waals surface area contributed by atoms with E-state index in [2.05, 4.69) is 31.4 Å². The van der Waals surface area contributed by atoms with Crippen molar-refractivity contribution < 1.29 is 0 Å². The Morgan fingerprint density at radius 1 is 1.05 bits per heavy atom. The van der Waals surface area contributed by atoms with Crippen LogP contribution in [0.25, 0.3) is 0 Å². The molecule has 3 atom stereocenters. The van der Waals surface area contributed by atoms with Gasteiger partial charge in [0.05, 0.1) is 0 Å². The summed E-state index contributed by atoms with van der Waals surface area (Å²) in [5, 5.41) is 8.13. The maximum atomic E-state index is 5.57. The van der Waals surface area contributed by atoms with Crippen molar-refractivity contribution >= 4 is 17.3 Å². The summed E-state index contributed by atoms with van der Waals surface area (Å²) in [5.41, 5.74) is 0.837. The fraction of sp³-hybridized carbons (Fsp3) is 0.938. The summed E-state index contributed by atoms with van der Waals surface area (Å²) >= 11 is 5.57. The van der Waals surface area contributed by atoms with Crippen LogP contribution in [0.15, 0.2) is 0 Å². The van der Waals surface area contributed by atoms with Crippen LogP contribution in [0.5, 0.6) is 0 Å². The van der Waals surface area contributed by atoms with Gasteiger partial charge in [-0.2, -0.15) is 0 Å². The number of rotatable bonds is 2.